The Hall–Kier alpha value is -2.12. The molecule has 22 heavy (non-hydrogen) atoms. The highest BCUT2D eigenvalue weighted by atomic mass is 32.2. The molecule has 0 radical (unpaired) electrons. The lowest BCUT2D eigenvalue weighted by Gasteiger charge is -2.17. The van der Waals surface area contributed by atoms with Gasteiger partial charge in [0.2, 0.25) is 10.0 Å². The summed E-state index contributed by atoms with van der Waals surface area (Å²) in [6.07, 6.45) is -5.18. The van der Waals surface area contributed by atoms with Crippen LogP contribution in [0.5, 0.6) is 0 Å². The minimum atomic E-state index is -4.71. The van der Waals surface area contributed by atoms with Gasteiger partial charge in [-0.25, -0.2) is 12.7 Å². The molecule has 0 unspecified atom stereocenters. The van der Waals surface area contributed by atoms with Crippen LogP contribution in [0.2, 0.25) is 0 Å². The Balaban J connectivity index is 3.26. The summed E-state index contributed by atoms with van der Waals surface area (Å²) in [6, 6.07) is 3.10. The molecule has 0 aromatic heterocycles. The first-order valence-electron chi connectivity index (χ1n) is 5.79. The van der Waals surface area contributed by atoms with Crippen molar-refractivity contribution in [1.82, 2.24) is 4.31 Å². The fourth-order valence-corrected chi connectivity index (χ4v) is 2.85. The Morgan fingerprint density at radius 1 is 1.41 bits per heavy atom. The second-order valence-corrected chi connectivity index (χ2v) is 6.30. The molecular formula is C12H11F3N2O4S. The maximum Gasteiger partial charge on any atom is 0.416 e. The van der Waals surface area contributed by atoms with Crippen LogP contribution in [-0.2, 0) is 21.0 Å². The van der Waals surface area contributed by atoms with Crippen LogP contribution in [0.3, 0.4) is 0 Å². The number of carbonyl (C=O) groups is 1. The van der Waals surface area contributed by atoms with Gasteiger partial charge in [-0.15, -0.1) is 0 Å². The molecule has 0 aliphatic carbocycles. The number of alkyl halides is 3. The average molecular weight is 336 g/mol. The third-order valence-electron chi connectivity index (χ3n) is 2.76. The number of nitrogens with zero attached hydrogens (tertiary/aromatic N) is 2. The Bertz CT molecular complexity index is 723. The number of hydrogen-bond donors (Lipinski definition) is 1. The van der Waals surface area contributed by atoms with Crippen molar-refractivity contribution in [1.29, 1.82) is 5.26 Å². The number of hydrogen-bond acceptors (Lipinski definition) is 4. The normalized spacial score (nSPS) is 12.2. The van der Waals surface area contributed by atoms with Gasteiger partial charge in [-0.3, -0.25) is 4.79 Å². The number of halogens is 3. The van der Waals surface area contributed by atoms with E-state index >= 15 is 0 Å². The average Bonchev–Trinajstić information content (AvgIpc) is 2.42. The van der Waals surface area contributed by atoms with Gasteiger partial charge in [-0.1, -0.05) is 0 Å². The van der Waals surface area contributed by atoms with Crippen LogP contribution in [-0.4, -0.2) is 37.4 Å². The Morgan fingerprint density at radius 3 is 2.45 bits per heavy atom. The first-order chi connectivity index (χ1) is 10.00. The van der Waals surface area contributed by atoms with Crippen molar-refractivity contribution in [2.24, 2.45) is 0 Å². The van der Waals surface area contributed by atoms with E-state index in [2.05, 4.69) is 0 Å². The monoisotopic (exact) mass is 336 g/mol. The van der Waals surface area contributed by atoms with Gasteiger partial charge < -0.3 is 5.11 Å². The largest absolute Gasteiger partial charge is 0.481 e. The summed E-state index contributed by atoms with van der Waals surface area (Å²) in [7, 11) is -3.18. The molecule has 1 aromatic rings. The van der Waals surface area contributed by atoms with Gasteiger partial charge in [0, 0.05) is 13.6 Å². The van der Waals surface area contributed by atoms with Crippen molar-refractivity contribution >= 4 is 16.0 Å². The molecule has 0 fully saturated rings. The van der Waals surface area contributed by atoms with Crippen LogP contribution in [0.25, 0.3) is 0 Å². The van der Waals surface area contributed by atoms with Gasteiger partial charge in [0.15, 0.2) is 0 Å². The summed E-state index contributed by atoms with van der Waals surface area (Å²) < 4.78 is 62.7. The van der Waals surface area contributed by atoms with E-state index in [-0.39, 0.29) is 6.54 Å². The van der Waals surface area contributed by atoms with Crippen LogP contribution in [0.4, 0.5) is 13.2 Å². The minimum Gasteiger partial charge on any atom is -0.481 e. The predicted molar refractivity (Wildman–Crippen MR) is 68.2 cm³/mol. The van der Waals surface area contributed by atoms with Crippen molar-refractivity contribution < 1.29 is 31.5 Å². The number of aliphatic carboxylic acids is 1. The predicted octanol–water partition coefficient (Wildman–Crippen LogP) is 1.67. The molecule has 0 aliphatic rings. The number of carboxylic acid groups (broad SMARTS) is 1. The van der Waals surface area contributed by atoms with Crippen molar-refractivity contribution in [3.8, 4) is 6.07 Å². The molecule has 0 bridgehead atoms. The lowest BCUT2D eigenvalue weighted by molar-refractivity contribution is -0.138. The maximum absolute atomic E-state index is 12.6. The van der Waals surface area contributed by atoms with Gasteiger partial charge in [0.05, 0.1) is 22.4 Å². The van der Waals surface area contributed by atoms with Crippen molar-refractivity contribution in [3.05, 3.63) is 29.3 Å². The summed E-state index contributed by atoms with van der Waals surface area (Å²) in [5.74, 6) is -1.23. The molecule has 1 N–H and O–H groups in total. The van der Waals surface area contributed by atoms with E-state index in [1.165, 1.54) is 6.07 Å². The highest BCUT2D eigenvalue weighted by molar-refractivity contribution is 7.89. The molecule has 1 aromatic carbocycles. The standard InChI is InChI=1S/C12H11F3N2O4S/c1-17(5-4-11(18)19)22(20,21)10-3-2-9(12(13,14)15)6-8(10)7-16/h2-3,6H,4-5H2,1H3,(H,18,19). The van der Waals surface area contributed by atoms with Gasteiger partial charge in [0.25, 0.3) is 0 Å². The van der Waals surface area contributed by atoms with Crippen LogP contribution < -0.4 is 0 Å². The highest BCUT2D eigenvalue weighted by Gasteiger charge is 2.33. The molecule has 10 heteroatoms. The van der Waals surface area contributed by atoms with E-state index in [1.54, 1.807) is 0 Å². The van der Waals surface area contributed by atoms with Crippen LogP contribution in [0.1, 0.15) is 17.5 Å². The van der Waals surface area contributed by atoms with E-state index in [0.717, 1.165) is 7.05 Å². The smallest absolute Gasteiger partial charge is 0.416 e. The molecule has 0 aliphatic heterocycles. The van der Waals surface area contributed by atoms with Crippen LogP contribution in [0, 0.1) is 11.3 Å². The highest BCUT2D eigenvalue weighted by Crippen LogP contribution is 2.32. The number of nitriles is 1. The SMILES string of the molecule is CN(CCC(=O)O)S(=O)(=O)c1ccc(C(F)(F)F)cc1C#N. The summed E-state index contributed by atoms with van der Waals surface area (Å²) in [4.78, 5) is 9.85. The zero-order valence-electron chi connectivity index (χ0n) is 11.3. The Kier molecular flexibility index (Phi) is 5.16. The topological polar surface area (TPSA) is 98.5 Å². The van der Waals surface area contributed by atoms with E-state index in [9.17, 15) is 26.4 Å². The molecule has 1 rings (SSSR count). The third kappa shape index (κ3) is 3.96. The van der Waals surface area contributed by atoms with E-state index < -0.39 is 44.6 Å². The van der Waals surface area contributed by atoms with E-state index in [0.29, 0.717) is 22.5 Å². The van der Waals surface area contributed by atoms with Crippen molar-refractivity contribution in [2.75, 3.05) is 13.6 Å². The first kappa shape index (κ1) is 17.9. The molecule has 6 nitrogen and oxygen atoms in total. The van der Waals surface area contributed by atoms with Gasteiger partial charge >= 0.3 is 12.1 Å². The van der Waals surface area contributed by atoms with E-state index in [4.69, 9.17) is 10.4 Å². The molecule has 120 valence electrons. The van der Waals surface area contributed by atoms with Gasteiger partial charge in [-0.2, -0.15) is 18.4 Å². The summed E-state index contributed by atoms with van der Waals surface area (Å²) in [5, 5.41) is 17.4. The lowest BCUT2D eigenvalue weighted by Crippen LogP contribution is -2.30. The maximum atomic E-state index is 12.6. The Labute approximate surface area is 124 Å². The fraction of sp³-hybridized carbons (Fsp3) is 0.333. The number of carboxylic acids is 1. The van der Waals surface area contributed by atoms with Crippen LogP contribution in [0.15, 0.2) is 23.1 Å². The van der Waals surface area contributed by atoms with Crippen molar-refractivity contribution in [2.45, 2.75) is 17.5 Å². The molecule has 0 atom stereocenters. The third-order valence-corrected chi connectivity index (χ3v) is 4.67. The first-order valence-corrected chi connectivity index (χ1v) is 7.23. The second kappa shape index (κ2) is 6.33. The molecule has 0 saturated heterocycles. The molecule has 0 amide bonds. The summed E-state index contributed by atoms with van der Waals surface area (Å²) >= 11 is 0. The van der Waals surface area contributed by atoms with Gasteiger partial charge in [-0.05, 0) is 18.2 Å². The zero-order chi connectivity index (χ0) is 17.1. The molecule has 0 heterocycles. The van der Waals surface area contributed by atoms with Crippen molar-refractivity contribution in [3.63, 3.8) is 0 Å². The Morgan fingerprint density at radius 2 is 2.00 bits per heavy atom. The van der Waals surface area contributed by atoms with Gasteiger partial charge in [0.1, 0.15) is 6.07 Å². The molecular weight excluding hydrogens is 325 g/mol. The quantitative estimate of drug-likeness (QED) is 0.882. The molecule has 0 saturated carbocycles. The molecule has 0 spiro atoms. The van der Waals surface area contributed by atoms with E-state index in [1.807, 2.05) is 0 Å². The minimum absolute atomic E-state index is 0.371. The zero-order valence-corrected chi connectivity index (χ0v) is 12.1. The second-order valence-electron chi connectivity index (χ2n) is 4.29. The summed E-state index contributed by atoms with van der Waals surface area (Å²) in [5.41, 5.74) is -1.80. The number of sulfonamides is 1. The number of rotatable bonds is 5. The van der Waals surface area contributed by atoms with Crippen LogP contribution >= 0.6 is 0 Å². The number of benzene rings is 1. The lowest BCUT2D eigenvalue weighted by atomic mass is 10.1. The fourth-order valence-electron chi connectivity index (χ4n) is 1.56. The summed E-state index contributed by atoms with van der Waals surface area (Å²) in [6.45, 7) is -0.371.